The quantitative estimate of drug-likeness (QED) is 0.862. The molecule has 0 N–H and O–H groups in total. The Balaban J connectivity index is 1.46. The number of benzene rings is 1. The number of aromatic nitrogens is 2. The lowest BCUT2D eigenvalue weighted by molar-refractivity contribution is -0.145. The molecule has 1 atom stereocenters. The van der Waals surface area contributed by atoms with Gasteiger partial charge in [0.25, 0.3) is 0 Å². The molecule has 0 spiro atoms. The van der Waals surface area contributed by atoms with E-state index in [1.807, 2.05) is 23.1 Å². The minimum absolute atomic E-state index is 0.228. The molecule has 1 aromatic heterocycles. The average Bonchev–Trinajstić information content (AvgIpc) is 3.26. The van der Waals surface area contributed by atoms with Crippen molar-refractivity contribution in [1.82, 2.24) is 15.1 Å². The van der Waals surface area contributed by atoms with Gasteiger partial charge < -0.3 is 14.1 Å². The summed E-state index contributed by atoms with van der Waals surface area (Å²) in [6.45, 7) is 3.36. The summed E-state index contributed by atoms with van der Waals surface area (Å²) in [4.78, 5) is 15.0. The van der Waals surface area contributed by atoms with Crippen LogP contribution in [0, 0.1) is 12.3 Å². The van der Waals surface area contributed by atoms with Crippen LogP contribution >= 0.6 is 0 Å². The van der Waals surface area contributed by atoms with E-state index in [2.05, 4.69) is 22.3 Å². The van der Waals surface area contributed by atoms with E-state index in [1.165, 1.54) is 5.56 Å². The lowest BCUT2D eigenvalue weighted by Gasteiger charge is -2.34. The molecule has 6 heteroatoms. The van der Waals surface area contributed by atoms with Gasteiger partial charge in [-0.05, 0) is 24.8 Å². The number of rotatable bonds is 4. The second-order valence-corrected chi connectivity index (χ2v) is 6.71. The van der Waals surface area contributed by atoms with Crippen molar-refractivity contribution < 1.29 is 13.9 Å². The Kier molecular flexibility index (Phi) is 3.84. The number of carbonyl (C=O) groups excluding carboxylic acids is 1. The number of hydrogen-bond donors (Lipinski definition) is 0. The van der Waals surface area contributed by atoms with Crippen LogP contribution in [0.2, 0.25) is 0 Å². The lowest BCUT2D eigenvalue weighted by Crippen LogP contribution is -2.46. The van der Waals surface area contributed by atoms with Crippen molar-refractivity contribution in [2.75, 3.05) is 19.7 Å². The monoisotopic (exact) mass is 327 g/mol. The molecule has 2 fully saturated rings. The van der Waals surface area contributed by atoms with Crippen LogP contribution in [0.3, 0.4) is 0 Å². The molecule has 4 rings (SSSR count). The highest BCUT2D eigenvalue weighted by atomic mass is 16.5. The van der Waals surface area contributed by atoms with Crippen LogP contribution < -0.4 is 0 Å². The lowest BCUT2D eigenvalue weighted by atomic mass is 9.94. The zero-order valence-corrected chi connectivity index (χ0v) is 13.8. The van der Waals surface area contributed by atoms with Crippen LogP contribution in [-0.2, 0) is 16.0 Å². The van der Waals surface area contributed by atoms with Crippen molar-refractivity contribution in [3.05, 3.63) is 47.7 Å². The molecule has 0 unspecified atom stereocenters. The summed E-state index contributed by atoms with van der Waals surface area (Å²) in [7, 11) is 0. The van der Waals surface area contributed by atoms with Gasteiger partial charge in [0.1, 0.15) is 0 Å². The molecule has 2 aliphatic rings. The summed E-state index contributed by atoms with van der Waals surface area (Å²) >= 11 is 0. The smallest absolute Gasteiger partial charge is 0.246 e. The number of hydrogen-bond acceptors (Lipinski definition) is 5. The number of morpholine rings is 1. The minimum Gasteiger partial charge on any atom is -0.423 e. The Hall–Kier alpha value is -2.21. The number of amides is 1. The first-order valence-electron chi connectivity index (χ1n) is 8.41. The zero-order chi connectivity index (χ0) is 16.6. The molecule has 24 heavy (non-hydrogen) atoms. The van der Waals surface area contributed by atoms with Crippen molar-refractivity contribution in [3.63, 3.8) is 0 Å². The second-order valence-electron chi connectivity index (χ2n) is 6.71. The van der Waals surface area contributed by atoms with Gasteiger partial charge in [-0.3, -0.25) is 4.79 Å². The van der Waals surface area contributed by atoms with Crippen molar-refractivity contribution in [2.45, 2.75) is 32.3 Å². The van der Waals surface area contributed by atoms with Crippen LogP contribution in [0.5, 0.6) is 0 Å². The van der Waals surface area contributed by atoms with Crippen LogP contribution in [0.1, 0.15) is 36.3 Å². The van der Waals surface area contributed by atoms with Crippen LogP contribution in [-0.4, -0.2) is 40.7 Å². The first-order valence-corrected chi connectivity index (χ1v) is 8.41. The van der Waals surface area contributed by atoms with E-state index in [1.54, 1.807) is 6.92 Å². The Bertz CT molecular complexity index is 724. The predicted molar refractivity (Wildman–Crippen MR) is 86.1 cm³/mol. The molecule has 1 aromatic carbocycles. The molecule has 0 radical (unpaired) electrons. The summed E-state index contributed by atoms with van der Waals surface area (Å²) in [6.07, 6.45) is 2.41. The van der Waals surface area contributed by atoms with E-state index in [4.69, 9.17) is 9.15 Å². The summed E-state index contributed by atoms with van der Waals surface area (Å²) in [5.74, 6) is 1.20. The maximum absolute atomic E-state index is 13.1. The van der Waals surface area contributed by atoms with E-state index in [9.17, 15) is 4.79 Å². The van der Waals surface area contributed by atoms with Gasteiger partial charge >= 0.3 is 0 Å². The van der Waals surface area contributed by atoms with E-state index < -0.39 is 0 Å². The fourth-order valence-electron chi connectivity index (χ4n) is 3.36. The SMILES string of the molecule is Cc1nnc([C@@H]2CN(C(=O)C3(Cc4ccccc4)CC3)CCO2)o1. The van der Waals surface area contributed by atoms with Crippen LogP contribution in [0.15, 0.2) is 34.7 Å². The second kappa shape index (κ2) is 6.02. The molecule has 6 nitrogen and oxygen atoms in total. The summed E-state index contributed by atoms with van der Waals surface area (Å²) in [5.41, 5.74) is 0.995. The summed E-state index contributed by atoms with van der Waals surface area (Å²) in [5, 5.41) is 7.88. The van der Waals surface area contributed by atoms with Crippen molar-refractivity contribution in [2.24, 2.45) is 5.41 Å². The molecule has 0 bridgehead atoms. The molecule has 1 saturated carbocycles. The maximum atomic E-state index is 13.1. The third-order valence-corrected chi connectivity index (χ3v) is 4.86. The van der Waals surface area contributed by atoms with Crippen molar-refractivity contribution in [3.8, 4) is 0 Å². The third-order valence-electron chi connectivity index (χ3n) is 4.86. The summed E-state index contributed by atoms with van der Waals surface area (Å²) < 4.78 is 11.2. The highest BCUT2D eigenvalue weighted by Crippen LogP contribution is 2.50. The maximum Gasteiger partial charge on any atom is 0.246 e. The Morgan fingerprint density at radius 2 is 2.08 bits per heavy atom. The standard InChI is InChI=1S/C18H21N3O3/c1-13-19-20-16(24-13)15-12-21(9-10-23-15)17(22)18(7-8-18)11-14-5-3-2-4-6-14/h2-6,15H,7-12H2,1H3/t15-/m0/s1. The van der Waals surface area contributed by atoms with Crippen LogP contribution in [0.4, 0.5) is 0 Å². The molecule has 126 valence electrons. The molecule has 1 aliphatic heterocycles. The molecule has 1 amide bonds. The molecule has 2 aromatic rings. The largest absolute Gasteiger partial charge is 0.423 e. The van der Waals surface area contributed by atoms with Gasteiger partial charge in [-0.15, -0.1) is 10.2 Å². The Morgan fingerprint density at radius 1 is 1.29 bits per heavy atom. The minimum atomic E-state index is -0.323. The van der Waals surface area contributed by atoms with Gasteiger partial charge in [-0.1, -0.05) is 30.3 Å². The highest BCUT2D eigenvalue weighted by molar-refractivity contribution is 5.85. The van der Waals surface area contributed by atoms with Gasteiger partial charge in [-0.25, -0.2) is 0 Å². The first-order chi connectivity index (χ1) is 11.7. The van der Waals surface area contributed by atoms with Crippen molar-refractivity contribution >= 4 is 5.91 Å². The number of ether oxygens (including phenoxy) is 1. The number of carbonyl (C=O) groups is 1. The summed E-state index contributed by atoms with van der Waals surface area (Å²) in [6, 6.07) is 10.2. The van der Waals surface area contributed by atoms with Gasteiger partial charge in [0.05, 0.1) is 18.6 Å². The van der Waals surface area contributed by atoms with E-state index in [-0.39, 0.29) is 17.4 Å². The fraction of sp³-hybridized carbons (Fsp3) is 0.500. The molecule has 1 aliphatic carbocycles. The number of aryl methyl sites for hydroxylation is 1. The Labute approximate surface area is 140 Å². The van der Waals surface area contributed by atoms with Gasteiger partial charge in [0.15, 0.2) is 6.10 Å². The normalized spacial score (nSPS) is 22.4. The van der Waals surface area contributed by atoms with E-state index >= 15 is 0 Å². The molecular formula is C18H21N3O3. The topological polar surface area (TPSA) is 68.5 Å². The van der Waals surface area contributed by atoms with Gasteiger partial charge in [-0.2, -0.15) is 0 Å². The zero-order valence-electron chi connectivity index (χ0n) is 13.8. The van der Waals surface area contributed by atoms with E-state index in [0.717, 1.165) is 19.3 Å². The molecule has 2 heterocycles. The van der Waals surface area contributed by atoms with Crippen molar-refractivity contribution in [1.29, 1.82) is 0 Å². The van der Waals surface area contributed by atoms with Gasteiger partial charge in [0, 0.05) is 13.5 Å². The predicted octanol–water partition coefficient (Wildman–Crippen LogP) is 2.30. The Morgan fingerprint density at radius 3 is 2.75 bits per heavy atom. The molecule has 1 saturated heterocycles. The molecular weight excluding hydrogens is 306 g/mol. The first kappa shape index (κ1) is 15.3. The fourth-order valence-corrected chi connectivity index (χ4v) is 3.36. The highest BCUT2D eigenvalue weighted by Gasteiger charge is 2.52. The van der Waals surface area contributed by atoms with Crippen LogP contribution in [0.25, 0.3) is 0 Å². The average molecular weight is 327 g/mol. The van der Waals surface area contributed by atoms with E-state index in [0.29, 0.717) is 31.5 Å². The number of nitrogens with zero attached hydrogens (tertiary/aromatic N) is 3. The third kappa shape index (κ3) is 2.94. The van der Waals surface area contributed by atoms with Gasteiger partial charge in [0.2, 0.25) is 17.7 Å².